The number of phenols is 1. The number of ether oxygens (including phenoxy) is 2. The molecule has 0 aromatic heterocycles. The molecule has 0 aliphatic carbocycles. The molecular formula is C29H29ClFNO3. The first-order chi connectivity index (χ1) is 16.9. The second-order valence-corrected chi connectivity index (χ2v) is 9.64. The van der Waals surface area contributed by atoms with E-state index in [1.165, 1.54) is 37.7 Å². The maximum atomic E-state index is 13.7. The number of allylic oxidation sites excluding steroid dienone is 1. The van der Waals surface area contributed by atoms with Gasteiger partial charge < -0.3 is 14.6 Å². The van der Waals surface area contributed by atoms with Crippen LogP contribution in [0, 0.1) is 11.7 Å². The van der Waals surface area contributed by atoms with Gasteiger partial charge in [-0.15, -0.1) is 0 Å². The highest BCUT2D eigenvalue weighted by Gasteiger charge is 2.31. The van der Waals surface area contributed by atoms with Crippen molar-refractivity contribution in [3.63, 3.8) is 0 Å². The van der Waals surface area contributed by atoms with Crippen molar-refractivity contribution in [1.29, 1.82) is 0 Å². The molecule has 0 spiro atoms. The first kappa shape index (κ1) is 23.7. The van der Waals surface area contributed by atoms with E-state index in [1.54, 1.807) is 18.2 Å². The van der Waals surface area contributed by atoms with E-state index in [9.17, 15) is 9.50 Å². The van der Waals surface area contributed by atoms with E-state index in [2.05, 4.69) is 11.8 Å². The standard InChI is InChI=1S/C29H29ClFNO3/c1-3-19-16-32(17-19)14-15-34-23-10-6-21(7-11-23)29-26(20-4-8-22(31)9-5-20)18(2)27-25(35-29)13-12-24(33)28(27)30/h4-13,19,29,33H,3,14-17H2,1-2H3/t29-/m0/s1. The van der Waals surface area contributed by atoms with Crippen LogP contribution in [0.15, 0.2) is 60.7 Å². The maximum absolute atomic E-state index is 13.7. The molecule has 2 aliphatic heterocycles. The Morgan fingerprint density at radius 2 is 1.77 bits per heavy atom. The molecule has 0 unspecified atom stereocenters. The Labute approximate surface area is 210 Å². The number of nitrogens with zero attached hydrogens (tertiary/aromatic N) is 1. The van der Waals surface area contributed by atoms with Gasteiger partial charge in [0.2, 0.25) is 0 Å². The molecule has 4 nitrogen and oxygen atoms in total. The van der Waals surface area contributed by atoms with Crippen molar-refractivity contribution in [2.24, 2.45) is 5.92 Å². The molecule has 0 radical (unpaired) electrons. The number of benzene rings is 3. The fourth-order valence-electron chi connectivity index (χ4n) is 4.89. The molecule has 3 aromatic carbocycles. The molecule has 2 heterocycles. The minimum Gasteiger partial charge on any atom is -0.506 e. The van der Waals surface area contributed by atoms with Crippen molar-refractivity contribution in [3.05, 3.63) is 88.2 Å². The number of fused-ring (bicyclic) bond motifs is 1. The molecule has 1 fully saturated rings. The van der Waals surface area contributed by atoms with Crippen molar-refractivity contribution in [2.45, 2.75) is 26.4 Å². The normalized spacial score (nSPS) is 18.1. The smallest absolute Gasteiger partial charge is 0.150 e. The number of hydrogen-bond acceptors (Lipinski definition) is 4. The Bertz CT molecular complexity index is 1230. The number of rotatable bonds is 7. The highest BCUT2D eigenvalue weighted by molar-refractivity contribution is 6.34. The van der Waals surface area contributed by atoms with Gasteiger partial charge >= 0.3 is 0 Å². The molecule has 1 atom stereocenters. The topological polar surface area (TPSA) is 41.9 Å². The summed E-state index contributed by atoms with van der Waals surface area (Å²) >= 11 is 6.46. The second kappa shape index (κ2) is 9.92. The van der Waals surface area contributed by atoms with Crippen LogP contribution in [0.4, 0.5) is 4.39 Å². The Morgan fingerprint density at radius 3 is 2.46 bits per heavy atom. The van der Waals surface area contributed by atoms with Gasteiger partial charge in [0.15, 0.2) is 0 Å². The summed E-state index contributed by atoms with van der Waals surface area (Å²) < 4.78 is 26.1. The highest BCUT2D eigenvalue weighted by atomic mass is 35.5. The van der Waals surface area contributed by atoms with Crippen molar-refractivity contribution in [3.8, 4) is 17.2 Å². The van der Waals surface area contributed by atoms with Crippen molar-refractivity contribution < 1.29 is 19.0 Å². The van der Waals surface area contributed by atoms with E-state index >= 15 is 0 Å². The van der Waals surface area contributed by atoms with Crippen LogP contribution in [0.1, 0.15) is 43.1 Å². The van der Waals surface area contributed by atoms with E-state index < -0.39 is 6.10 Å². The zero-order valence-corrected chi connectivity index (χ0v) is 20.7. The summed E-state index contributed by atoms with van der Waals surface area (Å²) in [4.78, 5) is 2.42. The van der Waals surface area contributed by atoms with Crippen LogP contribution < -0.4 is 9.47 Å². The zero-order chi connectivity index (χ0) is 24.5. The van der Waals surface area contributed by atoms with Crippen LogP contribution in [-0.4, -0.2) is 36.2 Å². The summed E-state index contributed by atoms with van der Waals surface area (Å²) in [7, 11) is 0. The highest BCUT2D eigenvalue weighted by Crippen LogP contribution is 2.50. The van der Waals surface area contributed by atoms with Crippen LogP contribution in [0.25, 0.3) is 11.1 Å². The predicted molar refractivity (Wildman–Crippen MR) is 138 cm³/mol. The molecule has 0 amide bonds. The molecule has 3 aromatic rings. The molecular weight excluding hydrogens is 465 g/mol. The first-order valence-electron chi connectivity index (χ1n) is 12.0. The number of hydrogen-bond donors (Lipinski definition) is 1. The number of aromatic hydroxyl groups is 1. The minimum atomic E-state index is -0.422. The Kier molecular flexibility index (Phi) is 6.72. The lowest BCUT2D eigenvalue weighted by molar-refractivity contribution is 0.0806. The lowest BCUT2D eigenvalue weighted by atomic mass is 9.86. The molecule has 0 bridgehead atoms. The van der Waals surface area contributed by atoms with Gasteiger partial charge in [0.1, 0.15) is 35.8 Å². The van der Waals surface area contributed by atoms with Crippen LogP contribution >= 0.6 is 11.6 Å². The summed E-state index contributed by atoms with van der Waals surface area (Å²) in [6, 6.07) is 17.5. The second-order valence-electron chi connectivity index (χ2n) is 9.27. The number of halogens is 2. The summed E-state index contributed by atoms with van der Waals surface area (Å²) in [6.07, 6.45) is 0.822. The third-order valence-corrected chi connectivity index (χ3v) is 7.38. The van der Waals surface area contributed by atoms with Gasteiger partial charge in [-0.1, -0.05) is 49.2 Å². The van der Waals surface area contributed by atoms with Crippen molar-refractivity contribution in [2.75, 3.05) is 26.2 Å². The van der Waals surface area contributed by atoms with E-state index in [0.717, 1.165) is 40.5 Å². The Hall–Kier alpha value is -3.02. The van der Waals surface area contributed by atoms with E-state index in [0.29, 0.717) is 17.9 Å². The SMILES string of the molecule is CCC1CN(CCOc2ccc([C@@H]3Oc4ccc(O)c(Cl)c4C(C)=C3c3ccc(F)cc3)cc2)C1. The lowest BCUT2D eigenvalue weighted by Crippen LogP contribution is -2.47. The third kappa shape index (κ3) is 4.75. The molecule has 1 N–H and O–H groups in total. The van der Waals surface area contributed by atoms with Gasteiger partial charge in [0.05, 0.1) is 5.02 Å². The lowest BCUT2D eigenvalue weighted by Gasteiger charge is -2.38. The first-order valence-corrected chi connectivity index (χ1v) is 12.4. The van der Waals surface area contributed by atoms with Gasteiger partial charge in [-0.05, 0) is 65.9 Å². The van der Waals surface area contributed by atoms with E-state index in [1.807, 2.05) is 31.2 Å². The zero-order valence-electron chi connectivity index (χ0n) is 19.9. The number of likely N-dealkylation sites (tertiary alicyclic amines) is 1. The van der Waals surface area contributed by atoms with Crippen molar-refractivity contribution >= 4 is 22.7 Å². The quantitative estimate of drug-likeness (QED) is 0.386. The Morgan fingerprint density at radius 1 is 1.06 bits per heavy atom. The molecule has 35 heavy (non-hydrogen) atoms. The van der Waals surface area contributed by atoms with E-state index in [-0.39, 0.29) is 16.6 Å². The molecule has 6 heteroatoms. The minimum absolute atomic E-state index is 0.00443. The summed E-state index contributed by atoms with van der Waals surface area (Å²) in [5.74, 6) is 1.94. The average Bonchev–Trinajstić information content (AvgIpc) is 2.84. The fraction of sp³-hybridized carbons (Fsp3) is 0.310. The van der Waals surface area contributed by atoms with Gasteiger partial charge in [0.25, 0.3) is 0 Å². The van der Waals surface area contributed by atoms with Crippen LogP contribution in [0.5, 0.6) is 17.2 Å². The molecule has 5 rings (SSSR count). The predicted octanol–water partition coefficient (Wildman–Crippen LogP) is 6.97. The fourth-order valence-corrected chi connectivity index (χ4v) is 5.19. The van der Waals surface area contributed by atoms with Crippen LogP contribution in [-0.2, 0) is 0 Å². The maximum Gasteiger partial charge on any atom is 0.150 e. The summed E-state index contributed by atoms with van der Waals surface area (Å²) in [6.45, 7) is 8.12. The molecule has 0 saturated carbocycles. The molecule has 182 valence electrons. The van der Waals surface area contributed by atoms with Gasteiger partial charge in [-0.2, -0.15) is 0 Å². The molecule has 1 saturated heterocycles. The largest absolute Gasteiger partial charge is 0.506 e. The number of phenolic OH excluding ortho intramolecular Hbond substituents is 1. The third-order valence-electron chi connectivity index (χ3n) is 6.99. The van der Waals surface area contributed by atoms with Gasteiger partial charge in [-0.3, -0.25) is 4.90 Å². The molecule has 2 aliphatic rings. The summed E-state index contributed by atoms with van der Waals surface area (Å²) in [5, 5.41) is 10.4. The van der Waals surface area contributed by atoms with Crippen molar-refractivity contribution in [1.82, 2.24) is 4.90 Å². The summed E-state index contributed by atoms with van der Waals surface area (Å²) in [5.41, 5.74) is 4.18. The average molecular weight is 494 g/mol. The van der Waals surface area contributed by atoms with E-state index in [4.69, 9.17) is 21.1 Å². The van der Waals surface area contributed by atoms with Crippen LogP contribution in [0.3, 0.4) is 0 Å². The Balaban J connectivity index is 1.40. The van der Waals surface area contributed by atoms with Crippen LogP contribution in [0.2, 0.25) is 5.02 Å². The van der Waals surface area contributed by atoms with Gasteiger partial charge in [0, 0.05) is 30.8 Å². The monoisotopic (exact) mass is 493 g/mol. The van der Waals surface area contributed by atoms with Gasteiger partial charge in [-0.25, -0.2) is 4.39 Å².